The predicted molar refractivity (Wildman–Crippen MR) is 111 cm³/mol. The molecule has 1 N–H and O–H groups in total. The number of carbonyl (C=O) groups is 2. The van der Waals surface area contributed by atoms with Crippen molar-refractivity contribution in [3.8, 4) is 0 Å². The van der Waals surface area contributed by atoms with Crippen molar-refractivity contribution >= 4 is 11.8 Å². The van der Waals surface area contributed by atoms with Crippen molar-refractivity contribution in [2.45, 2.75) is 45.1 Å². The molecule has 0 aromatic heterocycles. The second kappa shape index (κ2) is 9.26. The molecule has 2 aliphatic heterocycles. The van der Waals surface area contributed by atoms with Crippen LogP contribution in [-0.4, -0.2) is 67.6 Å². The normalized spacial score (nSPS) is 20.8. The Morgan fingerprint density at radius 1 is 1.00 bits per heavy atom. The molecule has 2 fully saturated rings. The fourth-order valence-corrected chi connectivity index (χ4v) is 4.53. The molecule has 4 rings (SSSR count). The van der Waals surface area contributed by atoms with E-state index in [0.29, 0.717) is 13.1 Å². The number of nitrogens with one attached hydrogen (secondary N) is 1. The number of fused-ring (bicyclic) bond motifs is 1. The van der Waals surface area contributed by atoms with Gasteiger partial charge in [-0.3, -0.25) is 9.59 Å². The van der Waals surface area contributed by atoms with Crippen LogP contribution in [0.2, 0.25) is 0 Å². The molecule has 158 valence electrons. The van der Waals surface area contributed by atoms with Gasteiger partial charge in [0.1, 0.15) is 13.2 Å². The first-order valence-electron chi connectivity index (χ1n) is 11.0. The lowest BCUT2D eigenvalue weighted by molar-refractivity contribution is -0.139. The number of carbonyl (C=O) groups excluding carboxylic acids is 2. The Bertz CT molecular complexity index is 726. The van der Waals surface area contributed by atoms with E-state index < -0.39 is 0 Å². The van der Waals surface area contributed by atoms with E-state index in [-0.39, 0.29) is 30.4 Å². The van der Waals surface area contributed by atoms with Crippen LogP contribution in [0.5, 0.6) is 0 Å². The van der Waals surface area contributed by atoms with Crippen molar-refractivity contribution < 1.29 is 14.3 Å². The number of rotatable bonds is 8. The van der Waals surface area contributed by atoms with Gasteiger partial charge in [0.25, 0.3) is 0 Å². The third-order valence-electron chi connectivity index (χ3n) is 6.57. The Labute approximate surface area is 173 Å². The van der Waals surface area contributed by atoms with Crippen LogP contribution in [0, 0.1) is 5.41 Å². The van der Waals surface area contributed by atoms with E-state index in [0.717, 1.165) is 19.5 Å². The molecule has 1 aromatic carbocycles. The number of likely N-dealkylation sites (tertiary alicyclic amines) is 1. The molecule has 1 aliphatic carbocycles. The predicted octanol–water partition coefficient (Wildman–Crippen LogP) is 1.97. The first-order chi connectivity index (χ1) is 14.1. The quantitative estimate of drug-likeness (QED) is 0.726. The number of benzene rings is 1. The van der Waals surface area contributed by atoms with Gasteiger partial charge < -0.3 is 19.9 Å². The van der Waals surface area contributed by atoms with Crippen molar-refractivity contribution in [3.63, 3.8) is 0 Å². The minimum absolute atomic E-state index is 0.0332. The van der Waals surface area contributed by atoms with Crippen LogP contribution in [0.15, 0.2) is 24.3 Å². The Kier molecular flexibility index (Phi) is 6.50. The largest absolute Gasteiger partial charge is 0.362 e. The number of ether oxygens (including phenoxy) is 1. The summed E-state index contributed by atoms with van der Waals surface area (Å²) in [4.78, 5) is 28.9. The van der Waals surface area contributed by atoms with Crippen LogP contribution < -0.4 is 5.32 Å². The third-order valence-corrected chi connectivity index (χ3v) is 6.57. The number of hydrogen-bond donors (Lipinski definition) is 1. The van der Waals surface area contributed by atoms with Gasteiger partial charge in [-0.05, 0) is 56.3 Å². The summed E-state index contributed by atoms with van der Waals surface area (Å²) < 4.78 is 5.42. The van der Waals surface area contributed by atoms with E-state index in [4.69, 9.17) is 4.74 Å². The Balaban J connectivity index is 1.13. The van der Waals surface area contributed by atoms with Gasteiger partial charge in [0.05, 0.1) is 0 Å². The van der Waals surface area contributed by atoms with Crippen LogP contribution in [-0.2, 0) is 27.3 Å². The van der Waals surface area contributed by atoms with Gasteiger partial charge in [0, 0.05) is 31.6 Å². The molecule has 1 saturated heterocycles. The van der Waals surface area contributed by atoms with Gasteiger partial charge >= 0.3 is 0 Å². The van der Waals surface area contributed by atoms with Crippen LogP contribution in [0.3, 0.4) is 0 Å². The van der Waals surface area contributed by atoms with Gasteiger partial charge in [0.2, 0.25) is 11.8 Å². The summed E-state index contributed by atoms with van der Waals surface area (Å²) in [7, 11) is 0. The molecular weight excluding hydrogens is 366 g/mol. The summed E-state index contributed by atoms with van der Waals surface area (Å²) >= 11 is 0. The van der Waals surface area contributed by atoms with Crippen molar-refractivity contribution in [2.75, 3.05) is 45.9 Å². The lowest BCUT2D eigenvalue weighted by Crippen LogP contribution is -2.41. The highest BCUT2D eigenvalue weighted by Gasteiger charge is 2.44. The minimum Gasteiger partial charge on any atom is -0.362 e. The number of hydrogen-bond acceptors (Lipinski definition) is 4. The zero-order valence-electron chi connectivity index (χ0n) is 17.3. The summed E-state index contributed by atoms with van der Waals surface area (Å²) in [5, 5.41) is 3.03. The van der Waals surface area contributed by atoms with E-state index >= 15 is 0 Å². The average Bonchev–Trinajstić information content (AvgIpc) is 3.52. The summed E-state index contributed by atoms with van der Waals surface area (Å²) in [5.74, 6) is -0.164. The molecule has 0 unspecified atom stereocenters. The highest BCUT2D eigenvalue weighted by atomic mass is 16.5. The van der Waals surface area contributed by atoms with Crippen molar-refractivity contribution in [1.29, 1.82) is 0 Å². The fraction of sp³-hybridized carbons (Fsp3) is 0.652. The monoisotopic (exact) mass is 399 g/mol. The molecule has 1 saturated carbocycles. The van der Waals surface area contributed by atoms with E-state index in [1.54, 1.807) is 0 Å². The maximum absolute atomic E-state index is 12.4. The summed E-state index contributed by atoms with van der Waals surface area (Å²) in [5.41, 5.74) is 2.79. The standard InChI is InChI=1S/C23H33N3O3/c27-21(24-17-23(9-10-23)18-25-11-4-1-5-12-25)15-29-16-22(28)26-13-8-19-6-2-3-7-20(19)14-26/h2-3,6-7H,1,4-5,8-18H2,(H,24,27). The minimum atomic E-state index is -0.119. The summed E-state index contributed by atoms with van der Waals surface area (Å²) in [6.07, 6.45) is 7.21. The second-order valence-corrected chi connectivity index (χ2v) is 8.94. The van der Waals surface area contributed by atoms with Crippen molar-refractivity contribution in [2.24, 2.45) is 5.41 Å². The van der Waals surface area contributed by atoms with Gasteiger partial charge in [-0.2, -0.15) is 0 Å². The van der Waals surface area contributed by atoms with Gasteiger partial charge in [0.15, 0.2) is 0 Å². The van der Waals surface area contributed by atoms with Crippen LogP contribution in [0.25, 0.3) is 0 Å². The number of nitrogens with zero attached hydrogens (tertiary/aromatic N) is 2. The first kappa shape index (κ1) is 20.4. The topological polar surface area (TPSA) is 61.9 Å². The zero-order valence-corrected chi connectivity index (χ0v) is 17.3. The van der Waals surface area contributed by atoms with Crippen LogP contribution >= 0.6 is 0 Å². The summed E-state index contributed by atoms with van der Waals surface area (Å²) in [6.45, 7) is 5.48. The molecule has 29 heavy (non-hydrogen) atoms. The third kappa shape index (κ3) is 5.58. The molecule has 6 nitrogen and oxygen atoms in total. The molecule has 0 bridgehead atoms. The molecule has 3 aliphatic rings. The molecule has 0 spiro atoms. The van der Waals surface area contributed by atoms with E-state index in [9.17, 15) is 9.59 Å². The van der Waals surface area contributed by atoms with Gasteiger partial charge in [-0.1, -0.05) is 30.7 Å². The fourth-order valence-electron chi connectivity index (χ4n) is 4.53. The Morgan fingerprint density at radius 2 is 1.76 bits per heavy atom. The average molecular weight is 400 g/mol. The van der Waals surface area contributed by atoms with Gasteiger partial charge in [-0.25, -0.2) is 0 Å². The SMILES string of the molecule is O=C(COCC(=O)N1CCc2ccccc2C1)NCC1(CN2CCCCC2)CC1. The van der Waals surface area contributed by atoms with E-state index in [2.05, 4.69) is 22.3 Å². The molecule has 2 heterocycles. The van der Waals surface area contributed by atoms with Crippen molar-refractivity contribution in [1.82, 2.24) is 15.1 Å². The molecule has 6 heteroatoms. The first-order valence-corrected chi connectivity index (χ1v) is 11.0. The van der Waals surface area contributed by atoms with Gasteiger partial charge in [-0.15, -0.1) is 0 Å². The number of amides is 2. The molecule has 0 atom stereocenters. The van der Waals surface area contributed by atoms with Crippen LogP contribution in [0.4, 0.5) is 0 Å². The molecule has 0 radical (unpaired) electrons. The Morgan fingerprint density at radius 3 is 2.52 bits per heavy atom. The summed E-state index contributed by atoms with van der Waals surface area (Å²) in [6, 6.07) is 8.23. The van der Waals surface area contributed by atoms with Crippen LogP contribution in [0.1, 0.15) is 43.2 Å². The molecule has 1 aromatic rings. The number of piperidine rings is 1. The second-order valence-electron chi connectivity index (χ2n) is 8.94. The van der Waals surface area contributed by atoms with Crippen molar-refractivity contribution in [3.05, 3.63) is 35.4 Å². The maximum atomic E-state index is 12.4. The molecule has 2 amide bonds. The lowest BCUT2D eigenvalue weighted by atomic mass is 10.00. The maximum Gasteiger partial charge on any atom is 0.248 e. The smallest absolute Gasteiger partial charge is 0.248 e. The zero-order chi connectivity index (χ0) is 20.1. The molecular formula is C23H33N3O3. The Hall–Kier alpha value is -1.92. The van der Waals surface area contributed by atoms with E-state index in [1.165, 1.54) is 56.3 Å². The highest BCUT2D eigenvalue weighted by Crippen LogP contribution is 2.45. The van der Waals surface area contributed by atoms with E-state index in [1.807, 2.05) is 17.0 Å². The highest BCUT2D eigenvalue weighted by molar-refractivity contribution is 5.80. The lowest BCUT2D eigenvalue weighted by Gasteiger charge is -2.30.